The molecule has 1 heterocycles. The van der Waals surface area contributed by atoms with E-state index in [4.69, 9.17) is 14.2 Å². The number of hydrogen-bond donors (Lipinski definition) is 1. The molecule has 0 bridgehead atoms. The van der Waals surface area contributed by atoms with Gasteiger partial charge >= 0.3 is 0 Å². The van der Waals surface area contributed by atoms with Gasteiger partial charge in [0.1, 0.15) is 10.9 Å². The van der Waals surface area contributed by atoms with Crippen LogP contribution >= 0.6 is 11.8 Å². The van der Waals surface area contributed by atoms with Crippen molar-refractivity contribution >= 4 is 23.4 Å². The number of nitrogens with one attached hydrogen (secondary N) is 1. The van der Waals surface area contributed by atoms with Crippen molar-refractivity contribution in [2.45, 2.75) is 16.3 Å². The van der Waals surface area contributed by atoms with Gasteiger partial charge in [-0.05, 0) is 48.0 Å². The van der Waals surface area contributed by atoms with Crippen LogP contribution in [0.1, 0.15) is 11.4 Å². The second-order valence-electron chi connectivity index (χ2n) is 6.34. The number of nitrogens with zero attached hydrogens (tertiary/aromatic N) is 2. The summed E-state index contributed by atoms with van der Waals surface area (Å²) >= 11 is 1.48. The van der Waals surface area contributed by atoms with Gasteiger partial charge < -0.3 is 19.5 Å². The molecule has 3 aromatic rings. The molecule has 0 unspecified atom stereocenters. The van der Waals surface area contributed by atoms with E-state index < -0.39 is 0 Å². The molecule has 0 spiro atoms. The predicted octanol–water partition coefficient (Wildman–Crippen LogP) is 4.37. The Bertz CT molecular complexity index is 1060. The zero-order valence-electron chi connectivity index (χ0n) is 17.5. The molecule has 0 saturated heterocycles. The number of anilines is 1. The van der Waals surface area contributed by atoms with Crippen LogP contribution in [0.3, 0.4) is 0 Å². The standard InChI is InChI=1S/C23H23N3O4S/c1-5-21(27)25-16-7-6-8-17(14-16)31-22-9-10-24-20(26-22)13-15-11-18(28-2)23(30-4)19(12-15)29-3/h5-12,14H,1,13H2,2-4H3,(H,25,27). The van der Waals surface area contributed by atoms with E-state index in [2.05, 4.69) is 21.9 Å². The van der Waals surface area contributed by atoms with Crippen LogP contribution in [-0.2, 0) is 11.2 Å². The summed E-state index contributed by atoms with van der Waals surface area (Å²) in [6, 6.07) is 13.1. The van der Waals surface area contributed by atoms with Crippen molar-refractivity contribution in [3.63, 3.8) is 0 Å². The van der Waals surface area contributed by atoms with Crippen molar-refractivity contribution in [3.05, 3.63) is 72.7 Å². The first kappa shape index (κ1) is 22.2. The molecule has 160 valence electrons. The molecule has 31 heavy (non-hydrogen) atoms. The maximum atomic E-state index is 11.5. The Hall–Kier alpha value is -3.52. The lowest BCUT2D eigenvalue weighted by molar-refractivity contribution is -0.111. The zero-order valence-corrected chi connectivity index (χ0v) is 18.4. The Labute approximate surface area is 185 Å². The molecule has 1 amide bonds. The number of aromatic nitrogens is 2. The molecule has 7 nitrogen and oxygen atoms in total. The summed E-state index contributed by atoms with van der Waals surface area (Å²) in [4.78, 5) is 21.5. The van der Waals surface area contributed by atoms with Gasteiger partial charge in [0.25, 0.3) is 0 Å². The molecular formula is C23H23N3O4S. The van der Waals surface area contributed by atoms with Crippen LogP contribution in [0, 0.1) is 0 Å². The minimum absolute atomic E-state index is 0.253. The first-order valence-corrected chi connectivity index (χ1v) is 10.2. The monoisotopic (exact) mass is 437 g/mol. The Morgan fingerprint density at radius 2 is 1.84 bits per heavy atom. The number of carbonyl (C=O) groups excluding carboxylic acids is 1. The largest absolute Gasteiger partial charge is 0.493 e. The van der Waals surface area contributed by atoms with Crippen molar-refractivity contribution in [2.75, 3.05) is 26.6 Å². The molecule has 0 aliphatic rings. The normalized spacial score (nSPS) is 10.3. The van der Waals surface area contributed by atoms with E-state index >= 15 is 0 Å². The maximum Gasteiger partial charge on any atom is 0.247 e. The summed E-state index contributed by atoms with van der Waals surface area (Å²) < 4.78 is 16.2. The maximum absolute atomic E-state index is 11.5. The fraction of sp³-hybridized carbons (Fsp3) is 0.174. The number of ether oxygens (including phenoxy) is 3. The molecule has 0 aliphatic carbocycles. The summed E-state index contributed by atoms with van der Waals surface area (Å²) in [5.41, 5.74) is 1.63. The fourth-order valence-electron chi connectivity index (χ4n) is 2.89. The van der Waals surface area contributed by atoms with Crippen LogP contribution in [0.15, 0.2) is 71.2 Å². The van der Waals surface area contributed by atoms with Gasteiger partial charge in [0.15, 0.2) is 11.5 Å². The van der Waals surface area contributed by atoms with Crippen LogP contribution in [-0.4, -0.2) is 37.2 Å². The third-order valence-electron chi connectivity index (χ3n) is 4.28. The summed E-state index contributed by atoms with van der Waals surface area (Å²) in [5.74, 6) is 2.12. The van der Waals surface area contributed by atoms with Crippen molar-refractivity contribution in [3.8, 4) is 17.2 Å². The third kappa shape index (κ3) is 5.76. The lowest BCUT2D eigenvalue weighted by Gasteiger charge is -2.14. The highest BCUT2D eigenvalue weighted by Crippen LogP contribution is 2.38. The second kappa shape index (κ2) is 10.5. The second-order valence-corrected chi connectivity index (χ2v) is 7.44. The zero-order chi connectivity index (χ0) is 22.2. The van der Waals surface area contributed by atoms with Gasteiger partial charge in [-0.25, -0.2) is 9.97 Å². The summed E-state index contributed by atoms with van der Waals surface area (Å²) in [5, 5.41) is 3.55. The lowest BCUT2D eigenvalue weighted by atomic mass is 10.1. The number of benzene rings is 2. The van der Waals surface area contributed by atoms with Crippen LogP contribution in [0.4, 0.5) is 5.69 Å². The first-order chi connectivity index (χ1) is 15.1. The molecule has 1 aromatic heterocycles. The van der Waals surface area contributed by atoms with Crippen LogP contribution in [0.2, 0.25) is 0 Å². The molecule has 3 rings (SSSR count). The average Bonchev–Trinajstić information content (AvgIpc) is 2.78. The van der Waals surface area contributed by atoms with Crippen LogP contribution < -0.4 is 19.5 Å². The van der Waals surface area contributed by atoms with E-state index in [1.165, 1.54) is 17.8 Å². The quantitative estimate of drug-likeness (QED) is 0.393. The molecule has 0 atom stereocenters. The SMILES string of the molecule is C=CC(=O)Nc1cccc(Sc2ccnc(Cc3cc(OC)c(OC)c(OC)c3)n2)c1. The molecule has 0 saturated carbocycles. The Balaban J connectivity index is 1.79. The molecule has 1 N–H and O–H groups in total. The van der Waals surface area contributed by atoms with Gasteiger partial charge in [0.2, 0.25) is 11.7 Å². The molecule has 8 heteroatoms. The van der Waals surface area contributed by atoms with Gasteiger partial charge in [-0.15, -0.1) is 0 Å². The smallest absolute Gasteiger partial charge is 0.247 e. The number of carbonyl (C=O) groups is 1. The van der Waals surface area contributed by atoms with E-state index in [1.807, 2.05) is 42.5 Å². The van der Waals surface area contributed by atoms with Gasteiger partial charge in [-0.1, -0.05) is 24.4 Å². The van der Waals surface area contributed by atoms with Crippen molar-refractivity contribution in [2.24, 2.45) is 0 Å². The predicted molar refractivity (Wildman–Crippen MR) is 120 cm³/mol. The van der Waals surface area contributed by atoms with Gasteiger partial charge in [-0.3, -0.25) is 4.79 Å². The number of rotatable bonds is 9. The van der Waals surface area contributed by atoms with Crippen LogP contribution in [0.5, 0.6) is 17.2 Å². The van der Waals surface area contributed by atoms with E-state index in [1.54, 1.807) is 27.5 Å². The first-order valence-electron chi connectivity index (χ1n) is 9.38. The van der Waals surface area contributed by atoms with E-state index in [0.29, 0.717) is 35.2 Å². The highest BCUT2D eigenvalue weighted by Gasteiger charge is 2.14. The Morgan fingerprint density at radius 3 is 2.48 bits per heavy atom. The highest BCUT2D eigenvalue weighted by molar-refractivity contribution is 7.99. The van der Waals surface area contributed by atoms with E-state index in [9.17, 15) is 4.79 Å². The summed E-state index contributed by atoms with van der Waals surface area (Å²) in [6.45, 7) is 3.47. The van der Waals surface area contributed by atoms with Crippen LogP contribution in [0.25, 0.3) is 0 Å². The highest BCUT2D eigenvalue weighted by atomic mass is 32.2. The summed E-state index contributed by atoms with van der Waals surface area (Å²) in [7, 11) is 4.74. The topological polar surface area (TPSA) is 82.6 Å². The van der Waals surface area contributed by atoms with Crippen molar-refractivity contribution in [1.82, 2.24) is 9.97 Å². The number of amides is 1. The molecule has 0 fully saturated rings. The minimum Gasteiger partial charge on any atom is -0.493 e. The number of methoxy groups -OCH3 is 3. The van der Waals surface area contributed by atoms with Gasteiger partial charge in [0.05, 0.1) is 21.3 Å². The lowest BCUT2D eigenvalue weighted by Crippen LogP contribution is -2.06. The minimum atomic E-state index is -0.253. The third-order valence-corrected chi connectivity index (χ3v) is 5.20. The summed E-state index contributed by atoms with van der Waals surface area (Å²) in [6.07, 6.45) is 3.46. The van der Waals surface area contributed by atoms with E-state index in [-0.39, 0.29) is 5.91 Å². The van der Waals surface area contributed by atoms with E-state index in [0.717, 1.165) is 15.5 Å². The van der Waals surface area contributed by atoms with Crippen molar-refractivity contribution in [1.29, 1.82) is 0 Å². The Morgan fingerprint density at radius 1 is 1.10 bits per heavy atom. The molecule has 0 aliphatic heterocycles. The van der Waals surface area contributed by atoms with Gasteiger partial charge in [-0.2, -0.15) is 0 Å². The molecule has 2 aromatic carbocycles. The average molecular weight is 438 g/mol. The Kier molecular flexibility index (Phi) is 7.50. The number of hydrogen-bond acceptors (Lipinski definition) is 7. The molecule has 0 radical (unpaired) electrons. The fourth-order valence-corrected chi connectivity index (χ4v) is 3.75. The molecular weight excluding hydrogens is 414 g/mol. The van der Waals surface area contributed by atoms with Crippen molar-refractivity contribution < 1.29 is 19.0 Å². The van der Waals surface area contributed by atoms with Gasteiger partial charge in [0, 0.05) is 23.2 Å².